The number of aromatic nitrogens is 3. The van der Waals surface area contributed by atoms with E-state index < -0.39 is 0 Å². The average Bonchev–Trinajstić information content (AvgIpc) is 3.29. The van der Waals surface area contributed by atoms with Crippen molar-refractivity contribution in [3.05, 3.63) is 47.2 Å². The molecule has 1 aliphatic rings. The van der Waals surface area contributed by atoms with E-state index in [0.29, 0.717) is 25.0 Å². The van der Waals surface area contributed by atoms with Crippen LogP contribution in [-0.4, -0.2) is 28.6 Å². The van der Waals surface area contributed by atoms with Crippen molar-refractivity contribution in [3.8, 4) is 17.2 Å². The highest BCUT2D eigenvalue weighted by molar-refractivity contribution is 5.55. The van der Waals surface area contributed by atoms with Crippen molar-refractivity contribution >= 4 is 0 Å². The SMILES string of the molecule is Cc1noc(C)c1COc1cccc(-c2nnc(C3CCCOC3)o2)c1. The maximum Gasteiger partial charge on any atom is 0.247 e. The molecule has 7 heteroatoms. The summed E-state index contributed by atoms with van der Waals surface area (Å²) in [6, 6.07) is 7.63. The summed E-state index contributed by atoms with van der Waals surface area (Å²) in [5.41, 5.74) is 2.64. The Morgan fingerprint density at radius 1 is 1.23 bits per heavy atom. The van der Waals surface area contributed by atoms with Crippen molar-refractivity contribution in [2.75, 3.05) is 13.2 Å². The van der Waals surface area contributed by atoms with Gasteiger partial charge >= 0.3 is 0 Å². The van der Waals surface area contributed by atoms with Gasteiger partial charge in [-0.3, -0.25) is 0 Å². The molecule has 0 spiro atoms. The molecular weight excluding hydrogens is 334 g/mol. The molecule has 26 heavy (non-hydrogen) atoms. The summed E-state index contributed by atoms with van der Waals surface area (Å²) in [6.07, 6.45) is 2.04. The molecular formula is C19H21N3O4. The van der Waals surface area contributed by atoms with Crippen molar-refractivity contribution in [1.82, 2.24) is 15.4 Å². The highest BCUT2D eigenvalue weighted by Crippen LogP contribution is 2.29. The van der Waals surface area contributed by atoms with Gasteiger partial charge in [0, 0.05) is 12.2 Å². The van der Waals surface area contributed by atoms with Gasteiger partial charge in [0.25, 0.3) is 0 Å². The maximum atomic E-state index is 5.89. The van der Waals surface area contributed by atoms with Crippen LogP contribution in [-0.2, 0) is 11.3 Å². The third-order valence-electron chi connectivity index (χ3n) is 4.60. The zero-order valence-corrected chi connectivity index (χ0v) is 14.9. The molecule has 1 saturated heterocycles. The van der Waals surface area contributed by atoms with E-state index in [4.69, 9.17) is 18.4 Å². The van der Waals surface area contributed by atoms with Gasteiger partial charge in [0.2, 0.25) is 11.8 Å². The standard InChI is InChI=1S/C19H21N3O4/c1-12-17(13(2)26-22-12)11-24-16-7-3-5-14(9-16)18-20-21-19(25-18)15-6-4-8-23-10-15/h3,5,7,9,15H,4,6,8,10-11H2,1-2H3. The van der Waals surface area contributed by atoms with E-state index in [1.54, 1.807) is 0 Å². The van der Waals surface area contributed by atoms with Gasteiger partial charge in [0.1, 0.15) is 18.1 Å². The quantitative estimate of drug-likeness (QED) is 0.688. The first kappa shape index (κ1) is 16.8. The predicted octanol–water partition coefficient (Wildman–Crippen LogP) is 3.81. The number of hydrogen-bond acceptors (Lipinski definition) is 7. The summed E-state index contributed by atoms with van der Waals surface area (Å²) < 4.78 is 22.4. The Morgan fingerprint density at radius 2 is 2.15 bits per heavy atom. The Kier molecular flexibility index (Phi) is 4.71. The molecule has 1 fully saturated rings. The molecule has 0 saturated carbocycles. The predicted molar refractivity (Wildman–Crippen MR) is 92.8 cm³/mol. The van der Waals surface area contributed by atoms with Crippen LogP contribution >= 0.6 is 0 Å². The Balaban J connectivity index is 1.48. The lowest BCUT2D eigenvalue weighted by Gasteiger charge is -2.18. The van der Waals surface area contributed by atoms with Crippen LogP contribution in [0.25, 0.3) is 11.5 Å². The van der Waals surface area contributed by atoms with E-state index in [9.17, 15) is 0 Å². The summed E-state index contributed by atoms with van der Waals surface area (Å²) in [5, 5.41) is 12.3. The number of ether oxygens (including phenoxy) is 2. The van der Waals surface area contributed by atoms with E-state index in [1.165, 1.54) is 0 Å². The molecule has 1 aromatic carbocycles. The average molecular weight is 355 g/mol. The fourth-order valence-corrected chi connectivity index (χ4v) is 3.03. The molecule has 1 atom stereocenters. The van der Waals surface area contributed by atoms with Crippen LogP contribution in [0.15, 0.2) is 33.2 Å². The zero-order chi connectivity index (χ0) is 17.9. The van der Waals surface area contributed by atoms with Crippen LogP contribution in [0.4, 0.5) is 0 Å². The molecule has 7 nitrogen and oxygen atoms in total. The molecule has 0 N–H and O–H groups in total. The lowest BCUT2D eigenvalue weighted by molar-refractivity contribution is 0.0727. The van der Waals surface area contributed by atoms with Gasteiger partial charge in [0.05, 0.1) is 23.8 Å². The van der Waals surface area contributed by atoms with Crippen LogP contribution in [0.3, 0.4) is 0 Å². The smallest absolute Gasteiger partial charge is 0.247 e. The van der Waals surface area contributed by atoms with Crippen LogP contribution in [0.1, 0.15) is 41.7 Å². The van der Waals surface area contributed by atoms with E-state index in [1.807, 2.05) is 38.1 Å². The lowest BCUT2D eigenvalue weighted by Crippen LogP contribution is -2.15. The monoisotopic (exact) mass is 355 g/mol. The first-order valence-electron chi connectivity index (χ1n) is 8.77. The second-order valence-corrected chi connectivity index (χ2v) is 6.48. The van der Waals surface area contributed by atoms with Crippen LogP contribution < -0.4 is 4.74 Å². The second-order valence-electron chi connectivity index (χ2n) is 6.48. The van der Waals surface area contributed by atoms with Gasteiger partial charge in [-0.2, -0.15) is 0 Å². The number of hydrogen-bond donors (Lipinski definition) is 0. The van der Waals surface area contributed by atoms with Gasteiger partial charge in [-0.15, -0.1) is 10.2 Å². The first-order valence-corrected chi connectivity index (χ1v) is 8.77. The molecule has 1 unspecified atom stereocenters. The summed E-state index contributed by atoms with van der Waals surface area (Å²) >= 11 is 0. The van der Waals surface area contributed by atoms with Crippen molar-refractivity contribution in [2.24, 2.45) is 0 Å². The Hall–Kier alpha value is -2.67. The third kappa shape index (κ3) is 3.48. The van der Waals surface area contributed by atoms with E-state index >= 15 is 0 Å². The molecule has 3 heterocycles. The van der Waals surface area contributed by atoms with Crippen LogP contribution in [0.5, 0.6) is 5.75 Å². The summed E-state index contributed by atoms with van der Waals surface area (Å²) in [4.78, 5) is 0. The number of nitrogens with zero attached hydrogens (tertiary/aromatic N) is 3. The van der Waals surface area contributed by atoms with Gasteiger partial charge in [-0.05, 0) is 44.9 Å². The molecule has 0 radical (unpaired) electrons. The van der Waals surface area contributed by atoms with E-state index in [-0.39, 0.29) is 5.92 Å². The van der Waals surface area contributed by atoms with Crippen LogP contribution in [0.2, 0.25) is 0 Å². The summed E-state index contributed by atoms with van der Waals surface area (Å²) in [7, 11) is 0. The fourth-order valence-electron chi connectivity index (χ4n) is 3.03. The molecule has 136 valence electrons. The Labute approximate surface area is 151 Å². The van der Waals surface area contributed by atoms with Crippen molar-refractivity contribution in [2.45, 2.75) is 39.2 Å². The fraction of sp³-hybridized carbons (Fsp3) is 0.421. The minimum atomic E-state index is 0.184. The van der Waals surface area contributed by atoms with Gasteiger partial charge in [-0.25, -0.2) is 0 Å². The van der Waals surface area contributed by atoms with Crippen molar-refractivity contribution < 1.29 is 18.4 Å². The molecule has 1 aliphatic heterocycles. The number of benzene rings is 1. The summed E-state index contributed by atoms with van der Waals surface area (Å²) in [5.74, 6) is 2.82. The van der Waals surface area contributed by atoms with E-state index in [2.05, 4.69) is 15.4 Å². The molecule has 4 rings (SSSR count). The van der Waals surface area contributed by atoms with E-state index in [0.717, 1.165) is 47.8 Å². The minimum Gasteiger partial charge on any atom is -0.489 e. The largest absolute Gasteiger partial charge is 0.489 e. The second kappa shape index (κ2) is 7.29. The van der Waals surface area contributed by atoms with Gasteiger partial charge < -0.3 is 18.4 Å². The Bertz CT molecular complexity index is 861. The molecule has 3 aromatic rings. The molecule has 0 bridgehead atoms. The van der Waals surface area contributed by atoms with Crippen molar-refractivity contribution in [1.29, 1.82) is 0 Å². The molecule has 0 aliphatic carbocycles. The number of rotatable bonds is 5. The highest BCUT2D eigenvalue weighted by atomic mass is 16.5. The van der Waals surface area contributed by atoms with Crippen LogP contribution in [0, 0.1) is 13.8 Å². The summed E-state index contributed by atoms with van der Waals surface area (Å²) in [6.45, 7) is 5.63. The zero-order valence-electron chi connectivity index (χ0n) is 14.9. The highest BCUT2D eigenvalue weighted by Gasteiger charge is 2.22. The lowest BCUT2D eigenvalue weighted by atomic mass is 10.0. The third-order valence-corrected chi connectivity index (χ3v) is 4.60. The maximum absolute atomic E-state index is 5.89. The van der Waals surface area contributed by atoms with Crippen molar-refractivity contribution in [3.63, 3.8) is 0 Å². The van der Waals surface area contributed by atoms with Gasteiger partial charge in [0.15, 0.2) is 0 Å². The molecule has 0 amide bonds. The number of aryl methyl sites for hydroxylation is 2. The topological polar surface area (TPSA) is 83.4 Å². The first-order chi connectivity index (χ1) is 12.7. The molecule has 2 aromatic heterocycles. The van der Waals surface area contributed by atoms with Gasteiger partial charge in [-0.1, -0.05) is 11.2 Å². The Morgan fingerprint density at radius 3 is 2.92 bits per heavy atom. The minimum absolute atomic E-state index is 0.184. The normalized spacial score (nSPS) is 17.4.